The van der Waals surface area contributed by atoms with Gasteiger partial charge in [-0.3, -0.25) is 4.99 Å². The minimum absolute atomic E-state index is 0.403. The van der Waals surface area contributed by atoms with Crippen molar-refractivity contribution in [1.29, 1.82) is 0 Å². The van der Waals surface area contributed by atoms with Crippen LogP contribution in [0.15, 0.2) is 35.3 Å². The summed E-state index contributed by atoms with van der Waals surface area (Å²) in [5, 5.41) is 6.98. The Morgan fingerprint density at radius 1 is 1.23 bits per heavy atom. The molecule has 1 aromatic rings. The van der Waals surface area contributed by atoms with Crippen molar-refractivity contribution in [2.75, 3.05) is 51.8 Å². The number of ether oxygens (including phenoxy) is 1. The number of benzene rings is 1. The van der Waals surface area contributed by atoms with E-state index in [1.807, 2.05) is 7.05 Å². The predicted octanol–water partition coefficient (Wildman–Crippen LogP) is 3.27. The van der Waals surface area contributed by atoms with Crippen LogP contribution >= 0.6 is 0 Å². The minimum atomic E-state index is 0.403. The molecule has 0 saturated heterocycles. The smallest absolute Gasteiger partial charge is 0.190 e. The lowest BCUT2D eigenvalue weighted by Gasteiger charge is -2.42. The minimum Gasteiger partial charge on any atom is -0.385 e. The fourth-order valence-electron chi connectivity index (χ4n) is 3.59. The Bertz CT molecular complexity index is 528. The first-order valence-electron chi connectivity index (χ1n) is 9.96. The van der Waals surface area contributed by atoms with Crippen LogP contribution in [0.3, 0.4) is 0 Å². The van der Waals surface area contributed by atoms with Crippen LogP contribution in [0.25, 0.3) is 0 Å². The zero-order chi connectivity index (χ0) is 18.7. The fraction of sp³-hybridized carbons (Fsp3) is 0.667. The average molecular weight is 361 g/mol. The molecule has 5 heteroatoms. The normalized spacial score (nSPS) is 16.0. The number of anilines is 1. The second-order valence-electron chi connectivity index (χ2n) is 7.22. The maximum Gasteiger partial charge on any atom is 0.190 e. The third kappa shape index (κ3) is 6.20. The maximum absolute atomic E-state index is 5.28. The molecule has 1 aliphatic carbocycles. The van der Waals surface area contributed by atoms with E-state index >= 15 is 0 Å². The van der Waals surface area contributed by atoms with Crippen molar-refractivity contribution in [2.24, 2.45) is 10.4 Å². The van der Waals surface area contributed by atoms with Gasteiger partial charge in [-0.1, -0.05) is 24.6 Å². The van der Waals surface area contributed by atoms with Crippen LogP contribution in [0, 0.1) is 5.41 Å². The van der Waals surface area contributed by atoms with Gasteiger partial charge in [0.1, 0.15) is 0 Å². The largest absolute Gasteiger partial charge is 0.385 e. The van der Waals surface area contributed by atoms with Crippen molar-refractivity contribution < 1.29 is 4.74 Å². The molecule has 1 fully saturated rings. The highest BCUT2D eigenvalue weighted by atomic mass is 16.5. The van der Waals surface area contributed by atoms with Gasteiger partial charge >= 0.3 is 0 Å². The van der Waals surface area contributed by atoms with Gasteiger partial charge in [0.2, 0.25) is 0 Å². The van der Waals surface area contributed by atoms with Crippen LogP contribution in [0.2, 0.25) is 0 Å². The Morgan fingerprint density at radius 2 is 2.00 bits per heavy atom. The van der Waals surface area contributed by atoms with E-state index in [0.717, 1.165) is 51.6 Å². The third-order valence-electron chi connectivity index (χ3n) is 5.51. The first kappa shape index (κ1) is 20.6. The standard InChI is InChI=1S/C21H36N4O/c1-4-25(19-10-6-5-7-11-19)16-9-15-23-20(22-2)24-18-21(12-8-13-21)14-17-26-3/h5-7,10-11H,4,8-9,12-18H2,1-3H3,(H2,22,23,24). The number of rotatable bonds is 11. The molecule has 1 saturated carbocycles. The van der Waals surface area contributed by atoms with Crippen molar-refractivity contribution in [3.05, 3.63) is 30.3 Å². The van der Waals surface area contributed by atoms with Crippen molar-refractivity contribution >= 4 is 11.6 Å². The molecule has 1 aromatic carbocycles. The molecular formula is C21H36N4O. The quantitative estimate of drug-likeness (QED) is 0.361. The van der Waals surface area contributed by atoms with Crippen LogP contribution in [0.4, 0.5) is 5.69 Å². The second-order valence-corrected chi connectivity index (χ2v) is 7.22. The van der Waals surface area contributed by atoms with Gasteiger partial charge in [-0.15, -0.1) is 0 Å². The first-order chi connectivity index (χ1) is 12.7. The third-order valence-corrected chi connectivity index (χ3v) is 5.51. The molecular weight excluding hydrogens is 324 g/mol. The molecule has 0 aliphatic heterocycles. The molecule has 0 aromatic heterocycles. The Balaban J connectivity index is 1.68. The predicted molar refractivity (Wildman–Crippen MR) is 111 cm³/mol. The summed E-state index contributed by atoms with van der Waals surface area (Å²) in [6, 6.07) is 10.6. The Hall–Kier alpha value is -1.75. The van der Waals surface area contributed by atoms with Gasteiger partial charge in [0, 0.05) is 52.6 Å². The lowest BCUT2D eigenvalue weighted by Crippen LogP contribution is -2.47. The van der Waals surface area contributed by atoms with E-state index in [0.29, 0.717) is 5.41 Å². The van der Waals surface area contributed by atoms with Crippen LogP contribution in [0.5, 0.6) is 0 Å². The number of guanidine groups is 1. The van der Waals surface area contributed by atoms with Crippen LogP contribution < -0.4 is 15.5 Å². The number of aliphatic imine (C=N–C) groups is 1. The number of hydrogen-bond donors (Lipinski definition) is 2. The molecule has 5 nitrogen and oxygen atoms in total. The lowest BCUT2D eigenvalue weighted by molar-refractivity contribution is 0.0732. The SMILES string of the molecule is CCN(CCCNC(=NC)NCC1(CCOC)CCC1)c1ccccc1. The van der Waals surface area contributed by atoms with E-state index in [9.17, 15) is 0 Å². The Kier molecular flexibility index (Phi) is 8.75. The van der Waals surface area contributed by atoms with Gasteiger partial charge in [-0.2, -0.15) is 0 Å². The Labute approximate surface area is 159 Å². The number of para-hydroxylation sites is 1. The number of hydrogen-bond acceptors (Lipinski definition) is 3. The van der Waals surface area contributed by atoms with Gasteiger partial charge in [0.05, 0.1) is 0 Å². The fourth-order valence-corrected chi connectivity index (χ4v) is 3.59. The second kappa shape index (κ2) is 11.1. The molecule has 0 radical (unpaired) electrons. The van der Waals surface area contributed by atoms with Crippen LogP contribution in [-0.2, 0) is 4.74 Å². The molecule has 2 N–H and O–H groups in total. The highest BCUT2D eigenvalue weighted by Gasteiger charge is 2.36. The summed E-state index contributed by atoms with van der Waals surface area (Å²) in [5.41, 5.74) is 1.70. The highest BCUT2D eigenvalue weighted by Crippen LogP contribution is 2.43. The molecule has 0 atom stereocenters. The summed E-state index contributed by atoms with van der Waals surface area (Å²) in [7, 11) is 3.63. The van der Waals surface area contributed by atoms with Gasteiger partial charge in [0.15, 0.2) is 5.96 Å². The molecule has 146 valence electrons. The molecule has 26 heavy (non-hydrogen) atoms. The summed E-state index contributed by atoms with van der Waals surface area (Å²) in [4.78, 5) is 6.78. The monoisotopic (exact) mass is 360 g/mol. The van der Waals surface area contributed by atoms with Crippen molar-refractivity contribution in [1.82, 2.24) is 10.6 Å². The molecule has 0 heterocycles. The van der Waals surface area contributed by atoms with E-state index < -0.39 is 0 Å². The number of methoxy groups -OCH3 is 1. The van der Waals surface area contributed by atoms with Gasteiger partial charge in [-0.05, 0) is 50.2 Å². The highest BCUT2D eigenvalue weighted by molar-refractivity contribution is 5.79. The summed E-state index contributed by atoms with van der Waals surface area (Å²) in [6.45, 7) is 7.04. The summed E-state index contributed by atoms with van der Waals surface area (Å²) in [5.74, 6) is 0.913. The van der Waals surface area contributed by atoms with Crippen LogP contribution in [-0.4, -0.2) is 52.9 Å². The topological polar surface area (TPSA) is 48.9 Å². The van der Waals surface area contributed by atoms with Gasteiger partial charge < -0.3 is 20.3 Å². The number of nitrogens with zero attached hydrogens (tertiary/aromatic N) is 2. The molecule has 0 bridgehead atoms. The van der Waals surface area contributed by atoms with Crippen molar-refractivity contribution in [2.45, 2.75) is 39.0 Å². The summed E-state index contributed by atoms with van der Waals surface area (Å²) >= 11 is 0. The van der Waals surface area contributed by atoms with Crippen molar-refractivity contribution in [3.63, 3.8) is 0 Å². The van der Waals surface area contributed by atoms with E-state index in [1.165, 1.54) is 24.9 Å². The van der Waals surface area contributed by atoms with Crippen LogP contribution in [0.1, 0.15) is 39.0 Å². The summed E-state index contributed by atoms with van der Waals surface area (Å²) in [6.07, 6.45) is 6.14. The van der Waals surface area contributed by atoms with E-state index in [4.69, 9.17) is 4.74 Å². The van der Waals surface area contributed by atoms with E-state index in [1.54, 1.807) is 7.11 Å². The van der Waals surface area contributed by atoms with Crippen molar-refractivity contribution in [3.8, 4) is 0 Å². The molecule has 0 amide bonds. The Morgan fingerprint density at radius 3 is 2.58 bits per heavy atom. The zero-order valence-electron chi connectivity index (χ0n) is 16.8. The molecule has 1 aliphatic rings. The summed E-state index contributed by atoms with van der Waals surface area (Å²) < 4.78 is 5.28. The maximum atomic E-state index is 5.28. The first-order valence-corrected chi connectivity index (χ1v) is 9.96. The van der Waals surface area contributed by atoms with E-state index in [2.05, 4.69) is 57.8 Å². The number of nitrogens with one attached hydrogen (secondary N) is 2. The van der Waals surface area contributed by atoms with Gasteiger partial charge in [-0.25, -0.2) is 0 Å². The molecule has 0 unspecified atom stereocenters. The lowest BCUT2D eigenvalue weighted by atomic mass is 9.67. The zero-order valence-corrected chi connectivity index (χ0v) is 16.8. The van der Waals surface area contributed by atoms with Gasteiger partial charge in [0.25, 0.3) is 0 Å². The average Bonchev–Trinajstić information content (AvgIpc) is 2.65. The van der Waals surface area contributed by atoms with E-state index in [-0.39, 0.29) is 0 Å². The molecule has 2 rings (SSSR count). The molecule has 0 spiro atoms.